The fourth-order valence-electron chi connectivity index (χ4n) is 1.54. The molecule has 0 aliphatic rings. The molecule has 1 aromatic rings. The molecule has 6 heteroatoms. The monoisotopic (exact) mass is 327 g/mol. The maximum absolute atomic E-state index is 11.9. The van der Waals surface area contributed by atoms with Crippen molar-refractivity contribution in [3.63, 3.8) is 0 Å². The zero-order chi connectivity index (χ0) is 13.8. The van der Waals surface area contributed by atoms with Crippen LogP contribution < -0.4 is 5.32 Å². The Morgan fingerprint density at radius 1 is 1.44 bits per heavy atom. The van der Waals surface area contributed by atoms with E-state index >= 15 is 0 Å². The van der Waals surface area contributed by atoms with Gasteiger partial charge < -0.3 is 5.32 Å². The molecule has 0 spiro atoms. The summed E-state index contributed by atoms with van der Waals surface area (Å²) in [6.45, 7) is 4.79. The second-order valence-corrected chi connectivity index (χ2v) is 7.54. The Hall–Kier alpha value is 0.0400. The lowest BCUT2D eigenvalue weighted by molar-refractivity contribution is 0.0935. The van der Waals surface area contributed by atoms with Gasteiger partial charge in [0, 0.05) is 12.4 Å². The summed E-state index contributed by atoms with van der Waals surface area (Å²) in [6, 6.07) is 1.59. The first kappa shape index (κ1) is 16.1. The van der Waals surface area contributed by atoms with Crippen molar-refractivity contribution in [3.05, 3.63) is 20.3 Å². The maximum atomic E-state index is 11.9. The summed E-state index contributed by atoms with van der Waals surface area (Å²) in [5.41, 5.74) is 0.469. The summed E-state index contributed by atoms with van der Waals surface area (Å²) in [5, 5.41) is 2.88. The molecule has 0 aliphatic carbocycles. The van der Waals surface area contributed by atoms with E-state index in [0.717, 1.165) is 12.8 Å². The normalized spacial score (nSPS) is 11.6. The van der Waals surface area contributed by atoms with Gasteiger partial charge in [0.15, 0.2) is 0 Å². The Morgan fingerprint density at radius 2 is 2.11 bits per heavy atom. The zero-order valence-electron chi connectivity index (χ0n) is 10.4. The number of amides is 1. The zero-order valence-corrected chi connectivity index (χ0v) is 13.4. The molecular formula is C12H16Cl3NOS. The number of hydrogen-bond donors (Lipinski definition) is 1. The van der Waals surface area contributed by atoms with Crippen LogP contribution in [0.5, 0.6) is 0 Å². The second kappa shape index (κ2) is 6.99. The molecule has 0 saturated heterocycles. The Labute approximate surface area is 127 Å². The number of carbonyl (C=O) groups excluding carboxylic acids is 1. The first-order valence-corrected chi connectivity index (χ1v) is 7.75. The number of thiophene rings is 1. The Bertz CT molecular complexity index is 417. The molecule has 1 heterocycles. The fourth-order valence-corrected chi connectivity index (χ4v) is 3.14. The largest absolute Gasteiger partial charge is 0.351 e. The van der Waals surface area contributed by atoms with Gasteiger partial charge in [-0.05, 0) is 24.3 Å². The summed E-state index contributed by atoms with van der Waals surface area (Å²) >= 11 is 18.6. The average Bonchev–Trinajstić information content (AvgIpc) is 2.63. The number of hydrogen-bond acceptors (Lipinski definition) is 2. The second-order valence-electron chi connectivity index (χ2n) is 4.88. The fraction of sp³-hybridized carbons (Fsp3) is 0.583. The van der Waals surface area contributed by atoms with Gasteiger partial charge in [-0.15, -0.1) is 22.9 Å². The molecule has 0 bridgehead atoms. The first-order valence-electron chi connectivity index (χ1n) is 5.65. The molecule has 0 atom stereocenters. The molecule has 2 nitrogen and oxygen atoms in total. The van der Waals surface area contributed by atoms with Gasteiger partial charge >= 0.3 is 0 Å². The van der Waals surface area contributed by atoms with Gasteiger partial charge in [-0.3, -0.25) is 4.79 Å². The van der Waals surface area contributed by atoms with Crippen LogP contribution in [0.25, 0.3) is 0 Å². The van der Waals surface area contributed by atoms with Gasteiger partial charge in [-0.2, -0.15) is 0 Å². The molecule has 0 fully saturated rings. The summed E-state index contributed by atoms with van der Waals surface area (Å²) in [6.07, 6.45) is 1.91. The van der Waals surface area contributed by atoms with Crippen molar-refractivity contribution in [3.8, 4) is 0 Å². The van der Waals surface area contributed by atoms with E-state index in [1.807, 2.05) is 0 Å². The number of rotatable bonds is 6. The van der Waals surface area contributed by atoms with E-state index in [1.165, 1.54) is 11.3 Å². The quantitative estimate of drug-likeness (QED) is 0.745. The molecule has 1 rings (SSSR count). The van der Waals surface area contributed by atoms with E-state index in [2.05, 4.69) is 19.2 Å². The van der Waals surface area contributed by atoms with E-state index in [9.17, 15) is 4.79 Å². The summed E-state index contributed by atoms with van der Waals surface area (Å²) in [4.78, 5) is 11.9. The van der Waals surface area contributed by atoms with Gasteiger partial charge in [0.25, 0.3) is 5.91 Å². The van der Waals surface area contributed by atoms with Gasteiger partial charge in [0.2, 0.25) is 0 Å². The molecule has 102 valence electrons. The Balaban J connectivity index is 2.53. The maximum Gasteiger partial charge on any atom is 0.253 e. The topological polar surface area (TPSA) is 29.1 Å². The number of carbonyl (C=O) groups is 1. The van der Waals surface area contributed by atoms with Crippen LogP contribution in [-0.2, 0) is 0 Å². The third-order valence-electron chi connectivity index (χ3n) is 2.62. The first-order chi connectivity index (χ1) is 8.35. The summed E-state index contributed by atoms with van der Waals surface area (Å²) in [7, 11) is 0. The van der Waals surface area contributed by atoms with E-state index in [0.29, 0.717) is 26.7 Å². The highest BCUT2D eigenvalue weighted by Gasteiger charge is 2.20. The van der Waals surface area contributed by atoms with Crippen LogP contribution in [0.2, 0.25) is 8.67 Å². The minimum atomic E-state index is -0.179. The highest BCUT2D eigenvalue weighted by molar-refractivity contribution is 7.20. The van der Waals surface area contributed by atoms with Crippen molar-refractivity contribution < 1.29 is 4.79 Å². The molecule has 1 N–H and O–H groups in total. The van der Waals surface area contributed by atoms with E-state index in [1.54, 1.807) is 6.07 Å². The predicted molar refractivity (Wildman–Crippen MR) is 80.4 cm³/mol. The molecule has 0 aromatic carbocycles. The number of nitrogens with one attached hydrogen (secondary N) is 1. The van der Waals surface area contributed by atoms with Gasteiger partial charge in [-0.25, -0.2) is 0 Å². The van der Waals surface area contributed by atoms with Crippen molar-refractivity contribution >= 4 is 52.0 Å². The van der Waals surface area contributed by atoms with Gasteiger partial charge in [0.1, 0.15) is 4.34 Å². The SMILES string of the molecule is CC(C)(CCCCl)CNC(=O)c1cc(Cl)sc1Cl. The number of alkyl halides is 1. The van der Waals surface area contributed by atoms with E-state index in [-0.39, 0.29) is 11.3 Å². The van der Waals surface area contributed by atoms with Crippen LogP contribution in [0.4, 0.5) is 0 Å². The van der Waals surface area contributed by atoms with Crippen molar-refractivity contribution in [2.24, 2.45) is 5.41 Å². The van der Waals surface area contributed by atoms with Crippen LogP contribution in [0.1, 0.15) is 37.0 Å². The molecule has 0 aliphatic heterocycles. The van der Waals surface area contributed by atoms with Crippen molar-refractivity contribution in [1.29, 1.82) is 0 Å². The minimum absolute atomic E-state index is 0.0246. The Kier molecular flexibility index (Phi) is 6.25. The standard InChI is InChI=1S/C12H16Cl3NOS/c1-12(2,4-3-5-13)7-16-11(17)8-6-9(14)18-10(8)15/h6H,3-5,7H2,1-2H3,(H,16,17). The van der Waals surface area contributed by atoms with Crippen molar-refractivity contribution in [1.82, 2.24) is 5.32 Å². The van der Waals surface area contributed by atoms with Crippen LogP contribution in [0, 0.1) is 5.41 Å². The third-order valence-corrected chi connectivity index (χ3v) is 4.37. The van der Waals surface area contributed by atoms with E-state index in [4.69, 9.17) is 34.8 Å². The lowest BCUT2D eigenvalue weighted by Gasteiger charge is -2.24. The van der Waals surface area contributed by atoms with Crippen LogP contribution in [0.15, 0.2) is 6.07 Å². The molecule has 1 aromatic heterocycles. The predicted octanol–water partition coefficient (Wildman–Crippen LogP) is 4.83. The molecule has 18 heavy (non-hydrogen) atoms. The van der Waals surface area contributed by atoms with Crippen LogP contribution in [-0.4, -0.2) is 18.3 Å². The minimum Gasteiger partial charge on any atom is -0.351 e. The van der Waals surface area contributed by atoms with E-state index < -0.39 is 0 Å². The summed E-state index contributed by atoms with van der Waals surface area (Å²) in [5.74, 6) is 0.464. The lowest BCUT2D eigenvalue weighted by Crippen LogP contribution is -2.34. The number of halogens is 3. The van der Waals surface area contributed by atoms with Crippen molar-refractivity contribution in [2.45, 2.75) is 26.7 Å². The Morgan fingerprint density at radius 3 is 2.61 bits per heavy atom. The smallest absolute Gasteiger partial charge is 0.253 e. The molecule has 0 saturated carbocycles. The highest BCUT2D eigenvalue weighted by Crippen LogP contribution is 2.31. The average molecular weight is 329 g/mol. The molecule has 1 amide bonds. The van der Waals surface area contributed by atoms with Crippen LogP contribution in [0.3, 0.4) is 0 Å². The molecule has 0 radical (unpaired) electrons. The van der Waals surface area contributed by atoms with Gasteiger partial charge in [0.05, 0.1) is 9.90 Å². The molecule has 0 unspecified atom stereocenters. The van der Waals surface area contributed by atoms with Crippen molar-refractivity contribution in [2.75, 3.05) is 12.4 Å². The highest BCUT2D eigenvalue weighted by atomic mass is 35.5. The third kappa shape index (κ3) is 4.96. The van der Waals surface area contributed by atoms with Crippen LogP contribution >= 0.6 is 46.1 Å². The molecular weight excluding hydrogens is 313 g/mol. The summed E-state index contributed by atoms with van der Waals surface area (Å²) < 4.78 is 0.947. The van der Waals surface area contributed by atoms with Gasteiger partial charge in [-0.1, -0.05) is 37.0 Å². The lowest BCUT2D eigenvalue weighted by atomic mass is 9.88.